The molecule has 2 nitrogen and oxygen atoms in total. The second-order valence-corrected chi connectivity index (χ2v) is 5.82. The second-order valence-electron chi connectivity index (χ2n) is 5.82. The normalized spacial score (nSPS) is 12.9. The molecule has 0 radical (unpaired) electrons. The van der Waals surface area contributed by atoms with Crippen molar-refractivity contribution in [3.8, 4) is 5.75 Å². The molecular weight excluding hydrogens is 315 g/mol. The van der Waals surface area contributed by atoms with E-state index >= 15 is 0 Å². The molecule has 24 heavy (non-hydrogen) atoms. The van der Waals surface area contributed by atoms with Gasteiger partial charge in [0.15, 0.2) is 0 Å². The van der Waals surface area contributed by atoms with Gasteiger partial charge >= 0.3 is 6.18 Å². The summed E-state index contributed by atoms with van der Waals surface area (Å²) in [4.78, 5) is 0. The highest BCUT2D eigenvalue weighted by molar-refractivity contribution is 5.29. The highest BCUT2D eigenvalue weighted by atomic mass is 19.4. The molecular formula is C19H22F3NO. The summed E-state index contributed by atoms with van der Waals surface area (Å²) in [5.41, 5.74) is 0.890. The zero-order valence-corrected chi connectivity index (χ0v) is 13.9. The molecule has 0 amide bonds. The zero-order valence-electron chi connectivity index (χ0n) is 13.9. The molecule has 1 atom stereocenters. The fourth-order valence-corrected chi connectivity index (χ4v) is 2.51. The molecule has 2 aromatic rings. The van der Waals surface area contributed by atoms with E-state index in [1.165, 1.54) is 17.7 Å². The van der Waals surface area contributed by atoms with Gasteiger partial charge in [-0.2, -0.15) is 13.2 Å². The molecule has 5 heteroatoms. The summed E-state index contributed by atoms with van der Waals surface area (Å²) in [5, 5.41) is 3.18. The number of alkyl halides is 3. The molecule has 0 saturated heterocycles. The zero-order chi connectivity index (χ0) is 17.6. The number of halogens is 3. The van der Waals surface area contributed by atoms with Crippen molar-refractivity contribution in [3.63, 3.8) is 0 Å². The molecule has 0 aromatic heterocycles. The summed E-state index contributed by atoms with van der Waals surface area (Å²) in [5.74, 6) is 0.814. The average molecular weight is 337 g/mol. The van der Waals surface area contributed by atoms with Gasteiger partial charge in [-0.1, -0.05) is 30.3 Å². The van der Waals surface area contributed by atoms with Crippen molar-refractivity contribution in [1.82, 2.24) is 5.32 Å². The quantitative estimate of drug-likeness (QED) is 0.782. The topological polar surface area (TPSA) is 21.3 Å². The first-order chi connectivity index (χ1) is 11.4. The lowest BCUT2D eigenvalue weighted by Gasteiger charge is -2.17. The van der Waals surface area contributed by atoms with Gasteiger partial charge in [-0.25, -0.2) is 0 Å². The predicted octanol–water partition coefficient (Wildman–Crippen LogP) is 4.82. The van der Waals surface area contributed by atoms with Crippen molar-refractivity contribution in [2.45, 2.75) is 38.5 Å². The molecule has 2 aromatic carbocycles. The van der Waals surface area contributed by atoms with Gasteiger partial charge in [0.05, 0.1) is 12.7 Å². The van der Waals surface area contributed by atoms with Crippen molar-refractivity contribution >= 4 is 0 Å². The monoisotopic (exact) mass is 337 g/mol. The Labute approximate surface area is 140 Å². The Balaban J connectivity index is 1.86. The third kappa shape index (κ3) is 5.27. The van der Waals surface area contributed by atoms with E-state index in [0.29, 0.717) is 0 Å². The van der Waals surface area contributed by atoms with E-state index < -0.39 is 11.7 Å². The van der Waals surface area contributed by atoms with Gasteiger partial charge in [0.25, 0.3) is 0 Å². The molecule has 0 spiro atoms. The maximum absolute atomic E-state index is 13.0. The van der Waals surface area contributed by atoms with Crippen LogP contribution in [0.25, 0.3) is 0 Å². The molecule has 0 saturated carbocycles. The first-order valence-electron chi connectivity index (χ1n) is 7.91. The van der Waals surface area contributed by atoms with Gasteiger partial charge in [0.2, 0.25) is 0 Å². The SMILES string of the molecule is COc1ccc(CC[C@H](C)NCc2ccccc2C(F)(F)F)cc1. The van der Waals surface area contributed by atoms with Crippen molar-refractivity contribution in [3.05, 3.63) is 65.2 Å². The van der Waals surface area contributed by atoms with Crippen molar-refractivity contribution in [2.24, 2.45) is 0 Å². The van der Waals surface area contributed by atoms with Crippen LogP contribution in [0.2, 0.25) is 0 Å². The Morgan fingerprint density at radius 3 is 2.33 bits per heavy atom. The van der Waals surface area contributed by atoms with Crippen LogP contribution in [0.15, 0.2) is 48.5 Å². The lowest BCUT2D eigenvalue weighted by Crippen LogP contribution is -2.27. The standard InChI is InChI=1S/C19H22F3NO/c1-14(7-8-15-9-11-17(24-2)12-10-15)23-13-16-5-3-4-6-18(16)19(20,21)22/h3-6,9-12,14,23H,7-8,13H2,1-2H3/t14-/m0/s1. The Kier molecular flexibility index (Phi) is 6.26. The third-order valence-corrected chi connectivity index (χ3v) is 3.99. The Morgan fingerprint density at radius 2 is 1.71 bits per heavy atom. The summed E-state index contributed by atoms with van der Waals surface area (Å²) in [6.07, 6.45) is -2.61. The summed E-state index contributed by atoms with van der Waals surface area (Å²) in [6, 6.07) is 13.6. The number of hydrogen-bond donors (Lipinski definition) is 1. The molecule has 0 heterocycles. The molecule has 130 valence electrons. The first kappa shape index (κ1) is 18.3. The first-order valence-corrected chi connectivity index (χ1v) is 7.91. The highest BCUT2D eigenvalue weighted by Gasteiger charge is 2.32. The number of nitrogens with one attached hydrogen (secondary N) is 1. The maximum Gasteiger partial charge on any atom is 0.416 e. The molecule has 1 N–H and O–H groups in total. The van der Waals surface area contributed by atoms with Gasteiger partial charge in [-0.3, -0.25) is 0 Å². The predicted molar refractivity (Wildman–Crippen MR) is 89.1 cm³/mol. The van der Waals surface area contributed by atoms with E-state index in [2.05, 4.69) is 5.32 Å². The summed E-state index contributed by atoms with van der Waals surface area (Å²) in [6.45, 7) is 2.19. The van der Waals surface area contributed by atoms with Crippen LogP contribution in [0, 0.1) is 0 Å². The van der Waals surface area contributed by atoms with Crippen LogP contribution in [0.5, 0.6) is 5.75 Å². The minimum atomic E-state index is -4.31. The third-order valence-electron chi connectivity index (χ3n) is 3.99. The number of rotatable bonds is 7. The molecule has 2 rings (SSSR count). The minimum absolute atomic E-state index is 0.119. The Morgan fingerprint density at radius 1 is 1.04 bits per heavy atom. The van der Waals surface area contributed by atoms with Crippen molar-refractivity contribution < 1.29 is 17.9 Å². The lowest BCUT2D eigenvalue weighted by atomic mass is 10.0. The Hall–Kier alpha value is -2.01. The molecule has 0 fully saturated rings. The lowest BCUT2D eigenvalue weighted by molar-refractivity contribution is -0.138. The van der Waals surface area contributed by atoms with Gasteiger partial charge in [0.1, 0.15) is 5.75 Å². The minimum Gasteiger partial charge on any atom is -0.497 e. The van der Waals surface area contributed by atoms with Crippen molar-refractivity contribution in [2.75, 3.05) is 7.11 Å². The fourth-order valence-electron chi connectivity index (χ4n) is 2.51. The average Bonchev–Trinajstić information content (AvgIpc) is 2.58. The molecule has 0 unspecified atom stereocenters. The van der Waals surface area contributed by atoms with Crippen LogP contribution in [-0.4, -0.2) is 13.2 Å². The van der Waals surface area contributed by atoms with E-state index in [-0.39, 0.29) is 18.2 Å². The van der Waals surface area contributed by atoms with Gasteiger partial charge in [0, 0.05) is 12.6 Å². The van der Waals surface area contributed by atoms with Crippen LogP contribution in [-0.2, 0) is 19.1 Å². The van der Waals surface area contributed by atoms with Crippen molar-refractivity contribution in [1.29, 1.82) is 0 Å². The summed E-state index contributed by atoms with van der Waals surface area (Å²) < 4.78 is 44.0. The van der Waals surface area contributed by atoms with Crippen LogP contribution in [0.1, 0.15) is 30.0 Å². The molecule has 0 aliphatic rings. The van der Waals surface area contributed by atoms with E-state index in [4.69, 9.17) is 4.74 Å². The van der Waals surface area contributed by atoms with E-state index in [0.717, 1.165) is 24.7 Å². The van der Waals surface area contributed by atoms with E-state index in [1.54, 1.807) is 13.2 Å². The number of hydrogen-bond acceptors (Lipinski definition) is 2. The molecule has 0 aliphatic heterocycles. The van der Waals surface area contributed by atoms with Gasteiger partial charge in [-0.05, 0) is 49.1 Å². The van der Waals surface area contributed by atoms with Gasteiger partial charge < -0.3 is 10.1 Å². The maximum atomic E-state index is 13.0. The molecule has 0 bridgehead atoms. The number of ether oxygens (including phenoxy) is 1. The van der Waals surface area contributed by atoms with E-state index in [1.807, 2.05) is 31.2 Å². The second kappa shape index (κ2) is 8.20. The number of aryl methyl sites for hydroxylation is 1. The van der Waals surface area contributed by atoms with Crippen LogP contribution in [0.3, 0.4) is 0 Å². The van der Waals surface area contributed by atoms with Crippen LogP contribution >= 0.6 is 0 Å². The smallest absolute Gasteiger partial charge is 0.416 e. The summed E-state index contributed by atoms with van der Waals surface area (Å²) in [7, 11) is 1.62. The number of benzene rings is 2. The van der Waals surface area contributed by atoms with E-state index in [9.17, 15) is 13.2 Å². The van der Waals surface area contributed by atoms with Crippen LogP contribution < -0.4 is 10.1 Å². The summed E-state index contributed by atoms with van der Waals surface area (Å²) >= 11 is 0. The largest absolute Gasteiger partial charge is 0.497 e. The van der Waals surface area contributed by atoms with Crippen LogP contribution in [0.4, 0.5) is 13.2 Å². The highest BCUT2D eigenvalue weighted by Crippen LogP contribution is 2.31. The number of methoxy groups -OCH3 is 1. The molecule has 0 aliphatic carbocycles. The Bertz CT molecular complexity index is 638. The fraction of sp³-hybridized carbons (Fsp3) is 0.368. The van der Waals surface area contributed by atoms with Gasteiger partial charge in [-0.15, -0.1) is 0 Å².